The average Bonchev–Trinajstić information content (AvgIpc) is 2.39. The van der Waals surface area contributed by atoms with Crippen molar-refractivity contribution in [1.82, 2.24) is 10.3 Å². The van der Waals surface area contributed by atoms with Crippen LogP contribution in [0.1, 0.15) is 6.42 Å². The molecule has 1 N–H and O–H groups in total. The van der Waals surface area contributed by atoms with E-state index in [-0.39, 0.29) is 0 Å². The van der Waals surface area contributed by atoms with E-state index >= 15 is 0 Å². The molecule has 0 aliphatic carbocycles. The summed E-state index contributed by atoms with van der Waals surface area (Å²) in [5.74, 6) is 0. The monoisotopic (exact) mass is 219 g/mol. The first-order valence-electron chi connectivity index (χ1n) is 5.93. The molecule has 2 aliphatic heterocycles. The predicted octanol–water partition coefficient (Wildman–Crippen LogP) is 0.649. The molecular weight excluding hydrogens is 202 g/mol. The fourth-order valence-corrected chi connectivity index (χ4v) is 2.56. The Hall–Kier alpha value is -1.13. The molecule has 86 valence electrons. The number of hydrogen-bond acceptors (Lipinski definition) is 4. The molecule has 3 rings (SSSR count). The Labute approximate surface area is 95.6 Å². The standard InChI is InChI=1S/C12H17N3O/c1-4-13-5-2-10(1)15-7-3-11-12(9-15)16-8-6-14-11/h1-2,4-5,11-12,14H,3,6-9H2. The number of nitrogens with one attached hydrogen (secondary N) is 1. The largest absolute Gasteiger partial charge is 0.373 e. The van der Waals surface area contributed by atoms with E-state index in [9.17, 15) is 0 Å². The van der Waals surface area contributed by atoms with E-state index in [1.807, 2.05) is 12.4 Å². The molecular formula is C12H17N3O. The van der Waals surface area contributed by atoms with Crippen LogP contribution in [0, 0.1) is 0 Å². The molecule has 0 bridgehead atoms. The Balaban J connectivity index is 1.71. The van der Waals surface area contributed by atoms with Gasteiger partial charge in [-0.2, -0.15) is 0 Å². The number of ether oxygens (including phenoxy) is 1. The van der Waals surface area contributed by atoms with Gasteiger partial charge in [0.05, 0.1) is 12.7 Å². The SMILES string of the molecule is c1cc(N2CCC3NCCOC3C2)ccn1. The van der Waals surface area contributed by atoms with Crippen LogP contribution < -0.4 is 10.2 Å². The minimum atomic E-state index is 0.343. The molecule has 0 radical (unpaired) electrons. The fourth-order valence-electron chi connectivity index (χ4n) is 2.56. The number of piperidine rings is 1. The van der Waals surface area contributed by atoms with Crippen LogP contribution in [0.2, 0.25) is 0 Å². The van der Waals surface area contributed by atoms with Crippen LogP contribution in [0.5, 0.6) is 0 Å². The van der Waals surface area contributed by atoms with Gasteiger partial charge in [0.15, 0.2) is 0 Å². The average molecular weight is 219 g/mol. The molecule has 0 spiro atoms. The maximum Gasteiger partial charge on any atom is 0.0903 e. The van der Waals surface area contributed by atoms with Crippen molar-refractivity contribution in [2.75, 3.05) is 31.1 Å². The zero-order valence-corrected chi connectivity index (χ0v) is 9.30. The summed E-state index contributed by atoms with van der Waals surface area (Å²) >= 11 is 0. The van der Waals surface area contributed by atoms with Crippen molar-refractivity contribution in [3.63, 3.8) is 0 Å². The highest BCUT2D eigenvalue weighted by atomic mass is 16.5. The fraction of sp³-hybridized carbons (Fsp3) is 0.583. The van der Waals surface area contributed by atoms with Gasteiger partial charge < -0.3 is 15.0 Å². The Kier molecular flexibility index (Phi) is 2.76. The minimum Gasteiger partial charge on any atom is -0.373 e. The number of anilines is 1. The lowest BCUT2D eigenvalue weighted by atomic mass is 10.00. The molecule has 4 heteroatoms. The summed E-state index contributed by atoms with van der Waals surface area (Å²) in [6.07, 6.45) is 5.20. The van der Waals surface area contributed by atoms with E-state index in [1.54, 1.807) is 0 Å². The summed E-state index contributed by atoms with van der Waals surface area (Å²) in [7, 11) is 0. The van der Waals surface area contributed by atoms with E-state index < -0.39 is 0 Å². The zero-order chi connectivity index (χ0) is 10.8. The lowest BCUT2D eigenvalue weighted by Gasteiger charge is -2.42. The third-order valence-corrected chi connectivity index (χ3v) is 3.43. The van der Waals surface area contributed by atoms with Crippen LogP contribution in [-0.2, 0) is 4.74 Å². The molecule has 0 aromatic carbocycles. The van der Waals surface area contributed by atoms with Crippen molar-refractivity contribution in [2.24, 2.45) is 0 Å². The molecule has 2 aliphatic rings. The Morgan fingerprint density at radius 2 is 2.25 bits per heavy atom. The van der Waals surface area contributed by atoms with E-state index in [0.29, 0.717) is 12.1 Å². The third-order valence-electron chi connectivity index (χ3n) is 3.43. The van der Waals surface area contributed by atoms with Crippen molar-refractivity contribution in [1.29, 1.82) is 0 Å². The number of aromatic nitrogens is 1. The van der Waals surface area contributed by atoms with Gasteiger partial charge >= 0.3 is 0 Å². The molecule has 1 aromatic rings. The van der Waals surface area contributed by atoms with Gasteiger partial charge in [-0.25, -0.2) is 0 Å². The maximum absolute atomic E-state index is 5.81. The van der Waals surface area contributed by atoms with Gasteiger partial charge in [-0.3, -0.25) is 4.98 Å². The van der Waals surface area contributed by atoms with Crippen LogP contribution in [0.25, 0.3) is 0 Å². The first-order chi connectivity index (χ1) is 7.93. The van der Waals surface area contributed by atoms with Crippen molar-refractivity contribution in [2.45, 2.75) is 18.6 Å². The number of fused-ring (bicyclic) bond motifs is 1. The van der Waals surface area contributed by atoms with Crippen LogP contribution in [0.4, 0.5) is 5.69 Å². The lowest BCUT2D eigenvalue weighted by molar-refractivity contribution is -0.00903. The van der Waals surface area contributed by atoms with Gasteiger partial charge in [-0.05, 0) is 18.6 Å². The molecule has 2 unspecified atom stereocenters. The van der Waals surface area contributed by atoms with Gasteiger partial charge in [0.2, 0.25) is 0 Å². The second kappa shape index (κ2) is 4.39. The summed E-state index contributed by atoms with van der Waals surface area (Å²) in [6, 6.07) is 4.68. The number of morpholine rings is 1. The van der Waals surface area contributed by atoms with Crippen molar-refractivity contribution >= 4 is 5.69 Å². The van der Waals surface area contributed by atoms with Gasteiger partial charge in [-0.1, -0.05) is 0 Å². The topological polar surface area (TPSA) is 37.4 Å². The second-order valence-corrected chi connectivity index (χ2v) is 4.41. The quantitative estimate of drug-likeness (QED) is 0.752. The van der Waals surface area contributed by atoms with E-state index in [2.05, 4.69) is 27.3 Å². The molecule has 4 nitrogen and oxygen atoms in total. The van der Waals surface area contributed by atoms with E-state index in [1.165, 1.54) is 5.69 Å². The second-order valence-electron chi connectivity index (χ2n) is 4.41. The first kappa shape index (κ1) is 10.1. The molecule has 1 aromatic heterocycles. The molecule has 16 heavy (non-hydrogen) atoms. The number of nitrogens with zero attached hydrogens (tertiary/aromatic N) is 2. The normalized spacial score (nSPS) is 29.9. The van der Waals surface area contributed by atoms with Crippen LogP contribution >= 0.6 is 0 Å². The van der Waals surface area contributed by atoms with Crippen LogP contribution in [0.15, 0.2) is 24.5 Å². The van der Waals surface area contributed by atoms with Gasteiger partial charge in [0, 0.05) is 43.8 Å². The molecule has 2 fully saturated rings. The van der Waals surface area contributed by atoms with Crippen LogP contribution in [-0.4, -0.2) is 43.4 Å². The smallest absolute Gasteiger partial charge is 0.0903 e. The van der Waals surface area contributed by atoms with Crippen LogP contribution in [0.3, 0.4) is 0 Å². The third kappa shape index (κ3) is 1.90. The molecule has 2 atom stereocenters. The Bertz CT molecular complexity index is 343. The van der Waals surface area contributed by atoms with E-state index in [0.717, 1.165) is 32.7 Å². The highest BCUT2D eigenvalue weighted by Gasteiger charge is 2.31. The highest BCUT2D eigenvalue weighted by molar-refractivity contribution is 5.45. The van der Waals surface area contributed by atoms with Crippen molar-refractivity contribution in [3.8, 4) is 0 Å². The van der Waals surface area contributed by atoms with E-state index in [4.69, 9.17) is 4.74 Å². The van der Waals surface area contributed by atoms with Gasteiger partial charge in [0.1, 0.15) is 0 Å². The molecule has 0 saturated carbocycles. The summed E-state index contributed by atoms with van der Waals surface area (Å²) in [5.41, 5.74) is 1.25. The summed E-state index contributed by atoms with van der Waals surface area (Å²) in [6.45, 7) is 3.92. The van der Waals surface area contributed by atoms with Gasteiger partial charge in [0.25, 0.3) is 0 Å². The summed E-state index contributed by atoms with van der Waals surface area (Å²) in [4.78, 5) is 6.44. The predicted molar refractivity (Wildman–Crippen MR) is 62.6 cm³/mol. The first-order valence-corrected chi connectivity index (χ1v) is 5.93. The molecule has 0 amide bonds. The number of rotatable bonds is 1. The number of pyridine rings is 1. The Morgan fingerprint density at radius 1 is 1.38 bits per heavy atom. The van der Waals surface area contributed by atoms with Crippen molar-refractivity contribution < 1.29 is 4.74 Å². The zero-order valence-electron chi connectivity index (χ0n) is 9.30. The van der Waals surface area contributed by atoms with Gasteiger partial charge in [-0.15, -0.1) is 0 Å². The lowest BCUT2D eigenvalue weighted by Crippen LogP contribution is -2.57. The minimum absolute atomic E-state index is 0.343. The maximum atomic E-state index is 5.81. The number of hydrogen-bond donors (Lipinski definition) is 1. The Morgan fingerprint density at radius 3 is 3.12 bits per heavy atom. The summed E-state index contributed by atoms with van der Waals surface area (Å²) in [5, 5.41) is 3.53. The molecule has 2 saturated heterocycles. The molecule has 3 heterocycles. The summed E-state index contributed by atoms with van der Waals surface area (Å²) < 4.78 is 5.81. The van der Waals surface area contributed by atoms with Crippen molar-refractivity contribution in [3.05, 3.63) is 24.5 Å². The highest BCUT2D eigenvalue weighted by Crippen LogP contribution is 2.22.